The Kier molecular flexibility index (Phi) is 5.13. The summed E-state index contributed by atoms with van der Waals surface area (Å²) >= 11 is 5.88. The second kappa shape index (κ2) is 7.06. The molecule has 23 heavy (non-hydrogen) atoms. The van der Waals surface area contributed by atoms with Crippen molar-refractivity contribution in [1.29, 1.82) is 0 Å². The molecular formula is C15H12ClFN2O4. The van der Waals surface area contributed by atoms with Gasteiger partial charge in [-0.2, -0.15) is 4.39 Å². The average Bonchev–Trinajstić information content (AvgIpc) is 2.50. The number of hydrogen-bond acceptors (Lipinski definition) is 4. The smallest absolute Gasteiger partial charge is 0.306 e. The number of carbonyl (C=O) groups excluding carboxylic acids is 1. The van der Waals surface area contributed by atoms with Crippen molar-refractivity contribution >= 4 is 28.9 Å². The van der Waals surface area contributed by atoms with Crippen molar-refractivity contribution in [3.63, 3.8) is 0 Å². The highest BCUT2D eigenvalue weighted by Gasteiger charge is 2.15. The third kappa shape index (κ3) is 4.40. The molecule has 0 saturated heterocycles. The van der Waals surface area contributed by atoms with Gasteiger partial charge in [-0.25, -0.2) is 0 Å². The van der Waals surface area contributed by atoms with Crippen molar-refractivity contribution in [3.8, 4) is 5.75 Å². The molecule has 2 aromatic rings. The predicted molar refractivity (Wildman–Crippen MR) is 83.4 cm³/mol. The molecule has 0 bridgehead atoms. The molecule has 0 aromatic heterocycles. The third-order valence-corrected chi connectivity index (χ3v) is 3.35. The summed E-state index contributed by atoms with van der Waals surface area (Å²) in [5, 5.41) is 13.6. The van der Waals surface area contributed by atoms with Crippen molar-refractivity contribution < 1.29 is 18.8 Å². The summed E-state index contributed by atoms with van der Waals surface area (Å²) in [5.41, 5.74) is 0.203. The first-order valence-electron chi connectivity index (χ1n) is 6.49. The Hall–Kier alpha value is -2.67. The number of benzene rings is 2. The average molecular weight is 339 g/mol. The molecule has 0 aliphatic heterocycles. The van der Waals surface area contributed by atoms with Crippen LogP contribution in [0.5, 0.6) is 5.75 Å². The van der Waals surface area contributed by atoms with Crippen molar-refractivity contribution in [3.05, 3.63) is 62.9 Å². The van der Waals surface area contributed by atoms with Crippen LogP contribution in [-0.4, -0.2) is 17.4 Å². The van der Waals surface area contributed by atoms with E-state index in [2.05, 4.69) is 5.32 Å². The summed E-state index contributed by atoms with van der Waals surface area (Å²) in [6.07, 6.45) is 0. The maximum absolute atomic E-state index is 13.2. The summed E-state index contributed by atoms with van der Waals surface area (Å²) in [6.45, 7) is 1.50. The molecule has 8 heteroatoms. The Morgan fingerprint density at radius 2 is 2.09 bits per heavy atom. The van der Waals surface area contributed by atoms with Crippen LogP contribution in [0.1, 0.15) is 5.56 Å². The lowest BCUT2D eigenvalue weighted by molar-refractivity contribution is -0.387. The molecule has 0 saturated carbocycles. The Morgan fingerprint density at radius 1 is 1.35 bits per heavy atom. The normalized spacial score (nSPS) is 10.2. The molecule has 6 nitrogen and oxygen atoms in total. The van der Waals surface area contributed by atoms with Gasteiger partial charge in [-0.15, -0.1) is 0 Å². The number of nitrogens with one attached hydrogen (secondary N) is 1. The second-order valence-corrected chi connectivity index (χ2v) is 5.08. The number of nitro benzene ring substituents is 1. The van der Waals surface area contributed by atoms with E-state index in [9.17, 15) is 19.3 Å². The maximum Gasteiger partial charge on any atom is 0.306 e. The molecule has 2 rings (SSSR count). The molecule has 0 heterocycles. The molecule has 0 aliphatic carbocycles. The topological polar surface area (TPSA) is 81.5 Å². The molecule has 2 aromatic carbocycles. The molecule has 1 amide bonds. The Morgan fingerprint density at radius 3 is 2.74 bits per heavy atom. The number of rotatable bonds is 5. The second-order valence-electron chi connectivity index (χ2n) is 4.67. The summed E-state index contributed by atoms with van der Waals surface area (Å²) < 4.78 is 18.5. The SMILES string of the molecule is Cc1cc(OCC(=O)Nc2ccc(F)c([N+](=O)[O-])c2)ccc1Cl. The first kappa shape index (κ1) is 16.7. The van der Waals surface area contributed by atoms with Gasteiger partial charge in [-0.3, -0.25) is 14.9 Å². The Labute approximate surface area is 136 Å². The minimum absolute atomic E-state index is 0.110. The quantitative estimate of drug-likeness (QED) is 0.665. The number of nitro groups is 1. The van der Waals surface area contributed by atoms with Crippen molar-refractivity contribution in [1.82, 2.24) is 0 Å². The summed E-state index contributed by atoms with van der Waals surface area (Å²) in [4.78, 5) is 21.6. The Bertz CT molecular complexity index is 767. The summed E-state index contributed by atoms with van der Waals surface area (Å²) in [7, 11) is 0. The number of halogens is 2. The van der Waals surface area contributed by atoms with E-state index in [4.69, 9.17) is 16.3 Å². The minimum atomic E-state index is -0.971. The standard InChI is InChI=1S/C15H12ClFN2O4/c1-9-6-11(3-4-12(9)16)23-8-15(20)18-10-2-5-13(17)14(7-10)19(21)22/h2-7H,8H2,1H3,(H,18,20). The van der Waals surface area contributed by atoms with E-state index in [1.807, 2.05) is 0 Å². The van der Waals surface area contributed by atoms with Gasteiger partial charge in [0.05, 0.1) is 4.92 Å². The van der Waals surface area contributed by atoms with Crippen LogP contribution in [0.3, 0.4) is 0 Å². The van der Waals surface area contributed by atoms with E-state index in [1.165, 1.54) is 6.07 Å². The predicted octanol–water partition coefficient (Wildman–Crippen LogP) is 3.71. The molecule has 0 spiro atoms. The highest BCUT2D eigenvalue weighted by Crippen LogP contribution is 2.22. The number of nitrogens with zero attached hydrogens (tertiary/aromatic N) is 1. The van der Waals surface area contributed by atoms with Gasteiger partial charge < -0.3 is 10.1 Å². The van der Waals surface area contributed by atoms with E-state index in [-0.39, 0.29) is 12.3 Å². The van der Waals surface area contributed by atoms with Crippen LogP contribution >= 0.6 is 11.6 Å². The van der Waals surface area contributed by atoms with Gasteiger partial charge in [0, 0.05) is 16.8 Å². The van der Waals surface area contributed by atoms with Gasteiger partial charge in [-0.1, -0.05) is 11.6 Å². The van der Waals surface area contributed by atoms with Crippen LogP contribution in [0.15, 0.2) is 36.4 Å². The number of hydrogen-bond donors (Lipinski definition) is 1. The van der Waals surface area contributed by atoms with Crippen LogP contribution in [0.25, 0.3) is 0 Å². The molecule has 0 atom stereocenters. The zero-order valence-corrected chi connectivity index (χ0v) is 12.8. The van der Waals surface area contributed by atoms with Crippen LogP contribution < -0.4 is 10.1 Å². The largest absolute Gasteiger partial charge is 0.484 e. The fraction of sp³-hybridized carbons (Fsp3) is 0.133. The van der Waals surface area contributed by atoms with E-state index in [1.54, 1.807) is 25.1 Å². The van der Waals surface area contributed by atoms with Gasteiger partial charge in [0.25, 0.3) is 5.91 Å². The van der Waals surface area contributed by atoms with Gasteiger partial charge in [0.15, 0.2) is 6.61 Å². The van der Waals surface area contributed by atoms with E-state index < -0.39 is 22.3 Å². The molecule has 120 valence electrons. The fourth-order valence-corrected chi connectivity index (χ4v) is 1.90. The van der Waals surface area contributed by atoms with E-state index in [0.29, 0.717) is 10.8 Å². The van der Waals surface area contributed by atoms with Crippen molar-refractivity contribution in [2.45, 2.75) is 6.92 Å². The first-order chi connectivity index (χ1) is 10.9. The highest BCUT2D eigenvalue weighted by molar-refractivity contribution is 6.31. The molecule has 0 unspecified atom stereocenters. The van der Waals surface area contributed by atoms with Crippen LogP contribution in [0.4, 0.5) is 15.8 Å². The molecule has 0 fully saturated rings. The first-order valence-corrected chi connectivity index (χ1v) is 6.87. The van der Waals surface area contributed by atoms with Gasteiger partial charge in [-0.05, 0) is 42.8 Å². The van der Waals surface area contributed by atoms with Gasteiger partial charge in [0.1, 0.15) is 5.75 Å². The Balaban J connectivity index is 1.98. The van der Waals surface area contributed by atoms with Crippen LogP contribution in [-0.2, 0) is 4.79 Å². The molecular weight excluding hydrogens is 327 g/mol. The maximum atomic E-state index is 13.2. The lowest BCUT2D eigenvalue weighted by atomic mass is 10.2. The number of amides is 1. The fourth-order valence-electron chi connectivity index (χ4n) is 1.78. The highest BCUT2D eigenvalue weighted by atomic mass is 35.5. The van der Waals surface area contributed by atoms with E-state index in [0.717, 1.165) is 17.7 Å². The third-order valence-electron chi connectivity index (χ3n) is 2.93. The van der Waals surface area contributed by atoms with Crippen molar-refractivity contribution in [2.24, 2.45) is 0 Å². The number of ether oxygens (including phenoxy) is 1. The number of anilines is 1. The van der Waals surface area contributed by atoms with E-state index >= 15 is 0 Å². The lowest BCUT2D eigenvalue weighted by Gasteiger charge is -2.08. The zero-order valence-electron chi connectivity index (χ0n) is 12.0. The van der Waals surface area contributed by atoms with Crippen molar-refractivity contribution in [2.75, 3.05) is 11.9 Å². The minimum Gasteiger partial charge on any atom is -0.484 e. The lowest BCUT2D eigenvalue weighted by Crippen LogP contribution is -2.20. The van der Waals surface area contributed by atoms with Gasteiger partial charge >= 0.3 is 5.69 Å². The van der Waals surface area contributed by atoms with Gasteiger partial charge in [0.2, 0.25) is 5.82 Å². The van der Waals surface area contributed by atoms with Crippen LogP contribution in [0, 0.1) is 22.9 Å². The summed E-state index contributed by atoms with van der Waals surface area (Å²) in [6, 6.07) is 8.03. The number of aryl methyl sites for hydroxylation is 1. The monoisotopic (exact) mass is 338 g/mol. The number of carbonyl (C=O) groups is 1. The molecule has 1 N–H and O–H groups in total. The molecule has 0 radical (unpaired) electrons. The zero-order chi connectivity index (χ0) is 17.0. The molecule has 0 aliphatic rings. The summed E-state index contributed by atoms with van der Waals surface area (Å²) in [5.74, 6) is -1.04. The van der Waals surface area contributed by atoms with Crippen LogP contribution in [0.2, 0.25) is 5.02 Å².